The molecule has 0 spiro atoms. The second-order valence-electron chi connectivity index (χ2n) is 3.46. The maximum absolute atomic E-state index is 11.7. The highest BCUT2D eigenvalue weighted by Gasteiger charge is 2.26. The summed E-state index contributed by atoms with van der Waals surface area (Å²) in [5.74, 6) is 0.0940. The molecule has 0 bridgehead atoms. The van der Waals surface area contributed by atoms with E-state index in [9.17, 15) is 4.79 Å². The smallest absolute Gasteiger partial charge is 0.251 e. The minimum Gasteiger partial charge on any atom is -0.372 e. The van der Waals surface area contributed by atoms with E-state index >= 15 is 0 Å². The summed E-state index contributed by atoms with van der Waals surface area (Å²) in [4.78, 5) is 13.6. The largest absolute Gasteiger partial charge is 0.372 e. The van der Waals surface area contributed by atoms with E-state index in [1.165, 1.54) is 0 Å². The zero-order chi connectivity index (χ0) is 9.84. The maximum atomic E-state index is 11.7. The van der Waals surface area contributed by atoms with E-state index in [0.29, 0.717) is 0 Å². The van der Waals surface area contributed by atoms with Crippen LogP contribution in [0.5, 0.6) is 0 Å². The van der Waals surface area contributed by atoms with Crippen LogP contribution in [0, 0.1) is 0 Å². The van der Waals surface area contributed by atoms with Gasteiger partial charge in [-0.25, -0.2) is 0 Å². The number of carbonyl (C=O) groups is 1. The molecule has 13 heavy (non-hydrogen) atoms. The lowest BCUT2D eigenvalue weighted by molar-refractivity contribution is -0.143. The molecule has 1 aliphatic heterocycles. The Hall–Kier alpha value is -0.610. The Morgan fingerprint density at radius 3 is 2.92 bits per heavy atom. The van der Waals surface area contributed by atoms with Crippen LogP contribution >= 0.6 is 0 Å². The van der Waals surface area contributed by atoms with Crippen LogP contribution in [0.2, 0.25) is 0 Å². The standard InChI is InChI=1S/C9H18N2O2/c1-7-6-10-4-5-11(7)9(12)8(2)13-3/h7-8,10H,4-6H2,1-3H3/t7-,8?/m0/s1. The van der Waals surface area contributed by atoms with Crippen molar-refractivity contribution < 1.29 is 9.53 Å². The van der Waals surface area contributed by atoms with Gasteiger partial charge in [0.05, 0.1) is 0 Å². The first kappa shape index (κ1) is 10.5. The summed E-state index contributed by atoms with van der Waals surface area (Å²) in [5.41, 5.74) is 0. The molecule has 1 amide bonds. The van der Waals surface area contributed by atoms with Gasteiger partial charge in [0.25, 0.3) is 5.91 Å². The van der Waals surface area contributed by atoms with Gasteiger partial charge in [0.15, 0.2) is 0 Å². The van der Waals surface area contributed by atoms with Gasteiger partial charge in [-0.2, -0.15) is 0 Å². The van der Waals surface area contributed by atoms with Crippen LogP contribution in [-0.2, 0) is 9.53 Å². The zero-order valence-corrected chi connectivity index (χ0v) is 8.54. The highest BCUT2D eigenvalue weighted by atomic mass is 16.5. The van der Waals surface area contributed by atoms with Crippen LogP contribution in [0.3, 0.4) is 0 Å². The Balaban J connectivity index is 2.53. The van der Waals surface area contributed by atoms with E-state index < -0.39 is 0 Å². The lowest BCUT2D eigenvalue weighted by Gasteiger charge is -2.35. The number of hydrogen-bond donors (Lipinski definition) is 1. The number of amides is 1. The molecule has 4 nitrogen and oxygen atoms in total. The molecule has 0 aromatic rings. The third-order valence-electron chi connectivity index (χ3n) is 2.49. The average Bonchev–Trinajstić information content (AvgIpc) is 2.16. The van der Waals surface area contributed by atoms with Gasteiger partial charge in [-0.3, -0.25) is 4.79 Å². The fourth-order valence-corrected chi connectivity index (χ4v) is 1.50. The summed E-state index contributed by atoms with van der Waals surface area (Å²) in [6, 6.07) is 0.277. The molecule has 76 valence electrons. The van der Waals surface area contributed by atoms with Crippen molar-refractivity contribution in [1.29, 1.82) is 0 Å². The van der Waals surface area contributed by atoms with Gasteiger partial charge < -0.3 is 15.0 Å². The Labute approximate surface area is 79.2 Å². The van der Waals surface area contributed by atoms with Crippen LogP contribution in [0.15, 0.2) is 0 Å². The van der Waals surface area contributed by atoms with Gasteiger partial charge in [-0.05, 0) is 13.8 Å². The first-order valence-electron chi connectivity index (χ1n) is 4.70. The number of piperazine rings is 1. The highest BCUT2D eigenvalue weighted by molar-refractivity contribution is 5.80. The molecule has 1 saturated heterocycles. The SMILES string of the molecule is COC(C)C(=O)N1CCNC[C@@H]1C. The summed E-state index contributed by atoms with van der Waals surface area (Å²) in [7, 11) is 1.56. The molecule has 1 unspecified atom stereocenters. The molecule has 2 atom stereocenters. The number of nitrogens with zero attached hydrogens (tertiary/aromatic N) is 1. The van der Waals surface area contributed by atoms with E-state index in [2.05, 4.69) is 5.32 Å². The Kier molecular flexibility index (Phi) is 3.69. The molecule has 1 aliphatic rings. The molecule has 1 rings (SSSR count). The van der Waals surface area contributed by atoms with Crippen LogP contribution in [-0.4, -0.2) is 49.7 Å². The van der Waals surface area contributed by atoms with E-state index in [4.69, 9.17) is 4.74 Å². The average molecular weight is 186 g/mol. The minimum atomic E-state index is -0.319. The van der Waals surface area contributed by atoms with Crippen molar-refractivity contribution in [1.82, 2.24) is 10.2 Å². The predicted octanol–water partition coefficient (Wildman–Crippen LogP) is -0.158. The van der Waals surface area contributed by atoms with Crippen molar-refractivity contribution in [2.24, 2.45) is 0 Å². The van der Waals surface area contributed by atoms with Crippen molar-refractivity contribution in [2.45, 2.75) is 26.0 Å². The minimum absolute atomic E-state index is 0.0940. The molecule has 0 radical (unpaired) electrons. The lowest BCUT2D eigenvalue weighted by Crippen LogP contribution is -2.54. The molecule has 0 aromatic carbocycles. The Bertz CT molecular complexity index is 184. The summed E-state index contributed by atoms with van der Waals surface area (Å²) < 4.78 is 5.00. The third-order valence-corrected chi connectivity index (χ3v) is 2.49. The molecule has 4 heteroatoms. The molecule has 0 aromatic heterocycles. The number of rotatable bonds is 2. The van der Waals surface area contributed by atoms with Gasteiger partial charge in [0.2, 0.25) is 0 Å². The first-order chi connectivity index (χ1) is 6.16. The van der Waals surface area contributed by atoms with Crippen LogP contribution in [0.4, 0.5) is 0 Å². The second-order valence-corrected chi connectivity index (χ2v) is 3.46. The fraction of sp³-hybridized carbons (Fsp3) is 0.889. The maximum Gasteiger partial charge on any atom is 0.251 e. The normalized spacial score (nSPS) is 25.8. The summed E-state index contributed by atoms with van der Waals surface area (Å²) in [6.07, 6.45) is -0.319. The number of ether oxygens (including phenoxy) is 1. The van der Waals surface area contributed by atoms with Crippen molar-refractivity contribution >= 4 is 5.91 Å². The Morgan fingerprint density at radius 1 is 1.69 bits per heavy atom. The Morgan fingerprint density at radius 2 is 2.38 bits per heavy atom. The van der Waals surface area contributed by atoms with E-state index in [1.807, 2.05) is 11.8 Å². The predicted molar refractivity (Wildman–Crippen MR) is 50.5 cm³/mol. The van der Waals surface area contributed by atoms with E-state index in [-0.39, 0.29) is 18.1 Å². The second kappa shape index (κ2) is 4.58. The molecular formula is C9H18N2O2. The van der Waals surface area contributed by atoms with Crippen LogP contribution < -0.4 is 5.32 Å². The number of hydrogen-bond acceptors (Lipinski definition) is 3. The molecule has 1 fully saturated rings. The number of carbonyl (C=O) groups excluding carboxylic acids is 1. The van der Waals surface area contributed by atoms with E-state index in [1.54, 1.807) is 14.0 Å². The van der Waals surface area contributed by atoms with E-state index in [0.717, 1.165) is 19.6 Å². The molecular weight excluding hydrogens is 168 g/mol. The van der Waals surface area contributed by atoms with Gasteiger partial charge in [0, 0.05) is 32.8 Å². The third kappa shape index (κ3) is 2.42. The monoisotopic (exact) mass is 186 g/mol. The van der Waals surface area contributed by atoms with Crippen LogP contribution in [0.25, 0.3) is 0 Å². The topological polar surface area (TPSA) is 41.6 Å². The van der Waals surface area contributed by atoms with Gasteiger partial charge in [0.1, 0.15) is 6.10 Å². The van der Waals surface area contributed by atoms with Crippen molar-refractivity contribution in [3.05, 3.63) is 0 Å². The summed E-state index contributed by atoms with van der Waals surface area (Å²) in [5, 5.41) is 3.24. The first-order valence-corrected chi connectivity index (χ1v) is 4.70. The van der Waals surface area contributed by atoms with Gasteiger partial charge in [-0.15, -0.1) is 0 Å². The fourth-order valence-electron chi connectivity index (χ4n) is 1.50. The van der Waals surface area contributed by atoms with Crippen molar-refractivity contribution in [3.8, 4) is 0 Å². The highest BCUT2D eigenvalue weighted by Crippen LogP contribution is 2.06. The summed E-state index contributed by atoms with van der Waals surface area (Å²) in [6.45, 7) is 6.38. The van der Waals surface area contributed by atoms with Gasteiger partial charge >= 0.3 is 0 Å². The molecule has 1 N–H and O–H groups in total. The zero-order valence-electron chi connectivity index (χ0n) is 8.54. The van der Waals surface area contributed by atoms with Gasteiger partial charge in [-0.1, -0.05) is 0 Å². The summed E-state index contributed by atoms with van der Waals surface area (Å²) >= 11 is 0. The number of methoxy groups -OCH3 is 1. The van der Waals surface area contributed by atoms with Crippen molar-refractivity contribution in [3.63, 3.8) is 0 Å². The van der Waals surface area contributed by atoms with Crippen LogP contribution in [0.1, 0.15) is 13.8 Å². The molecule has 0 saturated carbocycles. The quantitative estimate of drug-likeness (QED) is 0.651. The van der Waals surface area contributed by atoms with Crippen molar-refractivity contribution in [2.75, 3.05) is 26.7 Å². The molecule has 1 heterocycles. The number of nitrogens with one attached hydrogen (secondary N) is 1. The lowest BCUT2D eigenvalue weighted by atomic mass is 10.2. The molecule has 0 aliphatic carbocycles.